The molecule has 0 fully saturated rings. The van der Waals surface area contributed by atoms with Crippen LogP contribution in [0.4, 0.5) is 0 Å². The number of amides is 1. The van der Waals surface area contributed by atoms with Gasteiger partial charge in [-0.25, -0.2) is 0 Å². The zero-order valence-corrected chi connectivity index (χ0v) is 12.8. The number of hydrogen-bond donors (Lipinski definition) is 2. The highest BCUT2D eigenvalue weighted by Gasteiger charge is 2.19. The van der Waals surface area contributed by atoms with Crippen LogP contribution >= 0.6 is 0 Å². The lowest BCUT2D eigenvalue weighted by molar-refractivity contribution is 0.0913. The number of nitrogens with one attached hydrogen (secondary N) is 1. The summed E-state index contributed by atoms with van der Waals surface area (Å²) in [5.41, 5.74) is 6.42. The zero-order valence-electron chi connectivity index (χ0n) is 12.8. The lowest BCUT2D eigenvalue weighted by Crippen LogP contribution is -2.37. The molecule has 0 saturated heterocycles. The molecule has 0 aliphatic rings. The van der Waals surface area contributed by atoms with Crippen molar-refractivity contribution < 1.29 is 9.90 Å². The number of carbonyl (C=O) groups excluding carboxylic acids is 1. The number of carbonyl (C=O) groups is 1. The third-order valence-corrected chi connectivity index (χ3v) is 4.28. The Morgan fingerprint density at radius 1 is 1.00 bits per heavy atom. The highest BCUT2D eigenvalue weighted by molar-refractivity contribution is 5.98. The molecule has 106 valence electrons. The van der Waals surface area contributed by atoms with Crippen molar-refractivity contribution in [2.24, 2.45) is 0 Å². The van der Waals surface area contributed by atoms with Crippen LogP contribution < -0.4 is 5.32 Å². The first-order chi connectivity index (χ1) is 8.84. The van der Waals surface area contributed by atoms with E-state index in [0.717, 1.165) is 23.1 Å². The standard InChI is InChI=1S/C16H25NO2/c1-7-14(8-18)17-16(19)15-12(5)10(3)9(2)11(4)13(15)6/h14,18H,7-8H2,1-6H3,(H,17,19). The van der Waals surface area contributed by atoms with E-state index in [2.05, 4.69) is 26.1 Å². The molecule has 0 bridgehead atoms. The molecule has 1 aromatic carbocycles. The van der Waals surface area contributed by atoms with Crippen molar-refractivity contribution in [3.05, 3.63) is 33.4 Å². The monoisotopic (exact) mass is 263 g/mol. The van der Waals surface area contributed by atoms with Crippen molar-refractivity contribution in [3.63, 3.8) is 0 Å². The molecule has 0 saturated carbocycles. The van der Waals surface area contributed by atoms with Crippen molar-refractivity contribution >= 4 is 5.91 Å². The quantitative estimate of drug-likeness (QED) is 0.877. The summed E-state index contributed by atoms with van der Waals surface area (Å²) in [5, 5.41) is 12.1. The second kappa shape index (κ2) is 6.20. The van der Waals surface area contributed by atoms with Gasteiger partial charge in [0.15, 0.2) is 0 Å². The van der Waals surface area contributed by atoms with Gasteiger partial charge in [-0.05, 0) is 68.9 Å². The van der Waals surface area contributed by atoms with E-state index in [1.54, 1.807) is 0 Å². The summed E-state index contributed by atoms with van der Waals surface area (Å²) in [5.74, 6) is -0.0814. The molecule has 0 aliphatic heterocycles. The van der Waals surface area contributed by atoms with Crippen LogP contribution in [0.3, 0.4) is 0 Å². The minimum atomic E-state index is -0.173. The number of aliphatic hydroxyl groups is 1. The highest BCUT2D eigenvalue weighted by atomic mass is 16.3. The fourth-order valence-electron chi connectivity index (χ4n) is 2.37. The van der Waals surface area contributed by atoms with E-state index in [0.29, 0.717) is 0 Å². The first-order valence-electron chi connectivity index (χ1n) is 6.83. The Morgan fingerprint density at radius 3 is 1.79 bits per heavy atom. The maximum absolute atomic E-state index is 12.4. The van der Waals surface area contributed by atoms with E-state index in [1.807, 2.05) is 20.8 Å². The summed E-state index contributed by atoms with van der Waals surface area (Å²) in [4.78, 5) is 12.4. The Bertz CT molecular complexity index is 459. The Hall–Kier alpha value is -1.35. The van der Waals surface area contributed by atoms with Gasteiger partial charge < -0.3 is 10.4 Å². The van der Waals surface area contributed by atoms with E-state index in [-0.39, 0.29) is 18.6 Å². The predicted octanol–water partition coefficient (Wildman–Crippen LogP) is 2.73. The molecule has 0 spiro atoms. The molecule has 1 aromatic rings. The topological polar surface area (TPSA) is 49.3 Å². The molecule has 3 heteroatoms. The fraction of sp³-hybridized carbons (Fsp3) is 0.562. The molecule has 0 heterocycles. The molecule has 0 radical (unpaired) electrons. The summed E-state index contributed by atoms with van der Waals surface area (Å²) in [7, 11) is 0. The van der Waals surface area contributed by atoms with Gasteiger partial charge in [-0.1, -0.05) is 6.92 Å². The lowest BCUT2D eigenvalue weighted by Gasteiger charge is -2.20. The van der Waals surface area contributed by atoms with Crippen molar-refractivity contribution in [3.8, 4) is 0 Å². The van der Waals surface area contributed by atoms with Gasteiger partial charge in [-0.3, -0.25) is 4.79 Å². The number of rotatable bonds is 4. The Morgan fingerprint density at radius 2 is 1.42 bits per heavy atom. The van der Waals surface area contributed by atoms with Crippen molar-refractivity contribution in [1.82, 2.24) is 5.32 Å². The Balaban J connectivity index is 3.24. The van der Waals surface area contributed by atoms with Crippen molar-refractivity contribution in [1.29, 1.82) is 0 Å². The maximum Gasteiger partial charge on any atom is 0.252 e. The number of aliphatic hydroxyl groups excluding tert-OH is 1. The van der Waals surface area contributed by atoms with E-state index in [9.17, 15) is 9.90 Å². The van der Waals surface area contributed by atoms with Crippen LogP contribution in [-0.4, -0.2) is 23.7 Å². The second-order valence-corrected chi connectivity index (χ2v) is 5.26. The van der Waals surface area contributed by atoms with Gasteiger partial charge in [0.25, 0.3) is 5.91 Å². The summed E-state index contributed by atoms with van der Waals surface area (Å²) >= 11 is 0. The second-order valence-electron chi connectivity index (χ2n) is 5.26. The van der Waals surface area contributed by atoms with Crippen LogP contribution in [-0.2, 0) is 0 Å². The van der Waals surface area contributed by atoms with Crippen LogP contribution in [0.5, 0.6) is 0 Å². The third-order valence-electron chi connectivity index (χ3n) is 4.28. The minimum absolute atomic E-state index is 0.0236. The van der Waals surface area contributed by atoms with Crippen LogP contribution in [0.1, 0.15) is 51.5 Å². The summed E-state index contributed by atoms with van der Waals surface area (Å²) < 4.78 is 0. The zero-order chi connectivity index (χ0) is 14.7. The smallest absolute Gasteiger partial charge is 0.252 e. The normalized spacial score (nSPS) is 12.4. The van der Waals surface area contributed by atoms with Gasteiger partial charge >= 0.3 is 0 Å². The first-order valence-corrected chi connectivity index (χ1v) is 6.83. The average Bonchev–Trinajstić information content (AvgIpc) is 2.40. The van der Waals surface area contributed by atoms with Crippen LogP contribution in [0, 0.1) is 34.6 Å². The van der Waals surface area contributed by atoms with E-state index in [1.165, 1.54) is 16.7 Å². The molecule has 3 nitrogen and oxygen atoms in total. The largest absolute Gasteiger partial charge is 0.394 e. The molecule has 1 atom stereocenters. The Labute approximate surface area is 116 Å². The summed E-state index contributed by atoms with van der Waals surface area (Å²) in [6.07, 6.45) is 0.726. The van der Waals surface area contributed by atoms with Gasteiger partial charge in [0.2, 0.25) is 0 Å². The van der Waals surface area contributed by atoms with E-state index >= 15 is 0 Å². The minimum Gasteiger partial charge on any atom is -0.394 e. The molecule has 0 aliphatic carbocycles. The van der Waals surface area contributed by atoms with Crippen molar-refractivity contribution in [2.75, 3.05) is 6.61 Å². The van der Waals surface area contributed by atoms with E-state index in [4.69, 9.17) is 0 Å². The molecule has 2 N–H and O–H groups in total. The van der Waals surface area contributed by atoms with E-state index < -0.39 is 0 Å². The molecule has 1 unspecified atom stereocenters. The van der Waals surface area contributed by atoms with Gasteiger partial charge in [-0.2, -0.15) is 0 Å². The maximum atomic E-state index is 12.4. The first kappa shape index (κ1) is 15.7. The predicted molar refractivity (Wildman–Crippen MR) is 78.8 cm³/mol. The molecule has 1 rings (SSSR count). The molecule has 1 amide bonds. The molecular formula is C16H25NO2. The summed E-state index contributed by atoms with van der Waals surface area (Å²) in [6, 6.07) is -0.173. The molecule has 19 heavy (non-hydrogen) atoms. The lowest BCUT2D eigenvalue weighted by atomic mass is 9.89. The fourth-order valence-corrected chi connectivity index (χ4v) is 2.37. The van der Waals surface area contributed by atoms with Gasteiger partial charge in [0.05, 0.1) is 12.6 Å². The molecular weight excluding hydrogens is 238 g/mol. The van der Waals surface area contributed by atoms with Crippen molar-refractivity contribution in [2.45, 2.75) is 54.0 Å². The number of benzene rings is 1. The van der Waals surface area contributed by atoms with Gasteiger partial charge in [-0.15, -0.1) is 0 Å². The van der Waals surface area contributed by atoms with Crippen LogP contribution in [0.2, 0.25) is 0 Å². The number of hydrogen-bond acceptors (Lipinski definition) is 2. The van der Waals surface area contributed by atoms with Crippen LogP contribution in [0.15, 0.2) is 0 Å². The summed E-state index contributed by atoms with van der Waals surface area (Å²) in [6.45, 7) is 12.1. The van der Waals surface area contributed by atoms with Crippen LogP contribution in [0.25, 0.3) is 0 Å². The van der Waals surface area contributed by atoms with Gasteiger partial charge in [0.1, 0.15) is 0 Å². The molecule has 0 aromatic heterocycles. The average molecular weight is 263 g/mol. The highest BCUT2D eigenvalue weighted by Crippen LogP contribution is 2.26. The van der Waals surface area contributed by atoms with Gasteiger partial charge in [0, 0.05) is 5.56 Å². The third kappa shape index (κ3) is 2.98. The SMILES string of the molecule is CCC(CO)NC(=O)c1c(C)c(C)c(C)c(C)c1C. The Kier molecular flexibility index (Phi) is 5.12.